The fraction of sp³-hybridized carbons (Fsp3) is 0.500. The van der Waals surface area contributed by atoms with Crippen LogP contribution in [0, 0.1) is 5.92 Å². The minimum absolute atomic E-state index is 0.0861. The molecule has 1 atom stereocenters. The van der Waals surface area contributed by atoms with Crippen LogP contribution in [0.15, 0.2) is 30.9 Å². The minimum atomic E-state index is -0.670. The Bertz CT molecular complexity index is 946. The SMILES string of the molecule is CC(=O)N1CC(Cc2cc(C(=O)NC[C@H](O)CN3CCc4ccncc4C3)ncn2)C1. The standard InChI is InChI=1S/C22H28N6O3/c1-15(29)28-10-16(11-28)6-19-7-21(26-14-25-19)22(31)24-9-20(30)13-27-5-3-17-2-4-23-8-18(17)12-27/h2,4,7-8,14,16,20,30H,3,5-6,9-13H2,1H3,(H,24,31)/t20-/m0/s1. The molecule has 2 aliphatic heterocycles. The van der Waals surface area contributed by atoms with Crippen molar-refractivity contribution in [2.75, 3.05) is 32.7 Å². The Morgan fingerprint density at radius 2 is 2.13 bits per heavy atom. The molecule has 1 fully saturated rings. The van der Waals surface area contributed by atoms with Gasteiger partial charge in [-0.1, -0.05) is 0 Å². The van der Waals surface area contributed by atoms with E-state index in [4.69, 9.17) is 0 Å². The normalized spacial score (nSPS) is 17.5. The number of pyridine rings is 1. The number of carbonyl (C=O) groups is 2. The summed E-state index contributed by atoms with van der Waals surface area (Å²) in [5.41, 5.74) is 3.58. The van der Waals surface area contributed by atoms with E-state index in [1.165, 1.54) is 17.5 Å². The third-order valence-electron chi connectivity index (χ3n) is 5.92. The van der Waals surface area contributed by atoms with Gasteiger partial charge in [-0.2, -0.15) is 0 Å². The van der Waals surface area contributed by atoms with E-state index in [1.54, 1.807) is 17.9 Å². The van der Waals surface area contributed by atoms with Crippen LogP contribution in [0.1, 0.15) is 34.2 Å². The van der Waals surface area contributed by atoms with Gasteiger partial charge in [-0.05, 0) is 42.0 Å². The highest BCUT2D eigenvalue weighted by molar-refractivity contribution is 5.92. The molecule has 0 unspecified atom stereocenters. The highest BCUT2D eigenvalue weighted by Crippen LogP contribution is 2.20. The van der Waals surface area contributed by atoms with Gasteiger partial charge >= 0.3 is 0 Å². The number of carbonyl (C=O) groups excluding carboxylic acids is 2. The number of amides is 2. The summed E-state index contributed by atoms with van der Waals surface area (Å²) in [5, 5.41) is 13.2. The average molecular weight is 425 g/mol. The molecule has 0 radical (unpaired) electrons. The number of aliphatic hydroxyl groups is 1. The van der Waals surface area contributed by atoms with Gasteiger partial charge in [0, 0.05) is 64.3 Å². The molecule has 9 heteroatoms. The van der Waals surface area contributed by atoms with Crippen molar-refractivity contribution < 1.29 is 14.7 Å². The van der Waals surface area contributed by atoms with E-state index in [9.17, 15) is 14.7 Å². The minimum Gasteiger partial charge on any atom is -0.390 e. The van der Waals surface area contributed by atoms with Crippen molar-refractivity contribution in [1.82, 2.24) is 30.1 Å². The van der Waals surface area contributed by atoms with Crippen molar-refractivity contribution in [3.05, 3.63) is 53.4 Å². The topological polar surface area (TPSA) is 112 Å². The van der Waals surface area contributed by atoms with Crippen LogP contribution in [0.25, 0.3) is 0 Å². The third kappa shape index (κ3) is 5.42. The maximum absolute atomic E-state index is 12.5. The summed E-state index contributed by atoms with van der Waals surface area (Å²) < 4.78 is 0. The lowest BCUT2D eigenvalue weighted by atomic mass is 9.94. The van der Waals surface area contributed by atoms with Crippen LogP contribution >= 0.6 is 0 Å². The van der Waals surface area contributed by atoms with Crippen molar-refractivity contribution in [2.24, 2.45) is 5.92 Å². The number of aromatic nitrogens is 3. The molecule has 2 aromatic rings. The molecule has 2 aliphatic rings. The molecule has 4 heterocycles. The summed E-state index contributed by atoms with van der Waals surface area (Å²) in [6.07, 6.45) is 6.05. The molecule has 164 valence electrons. The highest BCUT2D eigenvalue weighted by Gasteiger charge is 2.29. The predicted octanol–water partition coefficient (Wildman–Crippen LogP) is 0.0414. The molecule has 0 aliphatic carbocycles. The number of rotatable bonds is 7. The number of nitrogens with zero attached hydrogens (tertiary/aromatic N) is 5. The summed E-state index contributed by atoms with van der Waals surface area (Å²) in [7, 11) is 0. The van der Waals surface area contributed by atoms with E-state index in [2.05, 4.69) is 25.2 Å². The zero-order valence-electron chi connectivity index (χ0n) is 17.7. The summed E-state index contributed by atoms with van der Waals surface area (Å²) >= 11 is 0. The van der Waals surface area contributed by atoms with Crippen molar-refractivity contribution in [2.45, 2.75) is 32.4 Å². The lowest BCUT2D eigenvalue weighted by Crippen LogP contribution is -2.49. The summed E-state index contributed by atoms with van der Waals surface area (Å²) in [6.45, 7) is 5.29. The Morgan fingerprint density at radius 3 is 2.94 bits per heavy atom. The number of hydrogen-bond acceptors (Lipinski definition) is 7. The molecule has 2 N–H and O–H groups in total. The largest absolute Gasteiger partial charge is 0.390 e. The monoisotopic (exact) mass is 424 g/mol. The Morgan fingerprint density at radius 1 is 1.29 bits per heavy atom. The first-order chi connectivity index (χ1) is 15.0. The Kier molecular flexibility index (Phi) is 6.53. The van der Waals surface area contributed by atoms with E-state index in [-0.39, 0.29) is 24.1 Å². The van der Waals surface area contributed by atoms with Gasteiger partial charge in [-0.25, -0.2) is 9.97 Å². The molecular formula is C22H28N6O3. The van der Waals surface area contributed by atoms with Crippen LogP contribution in [-0.4, -0.2) is 80.5 Å². The van der Waals surface area contributed by atoms with E-state index in [0.29, 0.717) is 18.9 Å². The second kappa shape index (κ2) is 9.49. The van der Waals surface area contributed by atoms with Gasteiger partial charge in [-0.3, -0.25) is 19.5 Å². The van der Waals surface area contributed by atoms with E-state index in [1.807, 2.05) is 18.5 Å². The van der Waals surface area contributed by atoms with Crippen LogP contribution in [0.4, 0.5) is 0 Å². The number of fused-ring (bicyclic) bond motifs is 1. The lowest BCUT2D eigenvalue weighted by molar-refractivity contribution is -0.134. The molecule has 0 saturated carbocycles. The Labute approximate surface area is 181 Å². The van der Waals surface area contributed by atoms with E-state index < -0.39 is 6.10 Å². The maximum atomic E-state index is 12.5. The lowest BCUT2D eigenvalue weighted by Gasteiger charge is -2.38. The first kappa shape index (κ1) is 21.3. The predicted molar refractivity (Wildman–Crippen MR) is 113 cm³/mol. The molecule has 0 aromatic carbocycles. The molecule has 0 bridgehead atoms. The van der Waals surface area contributed by atoms with Crippen LogP contribution < -0.4 is 5.32 Å². The highest BCUT2D eigenvalue weighted by atomic mass is 16.3. The molecular weight excluding hydrogens is 396 g/mol. The number of β-amino-alcohol motifs (C(OH)–C–C–N with tert-alkyl or cyclic N) is 1. The van der Waals surface area contributed by atoms with Crippen molar-refractivity contribution >= 4 is 11.8 Å². The third-order valence-corrected chi connectivity index (χ3v) is 5.92. The van der Waals surface area contributed by atoms with Crippen molar-refractivity contribution in [3.8, 4) is 0 Å². The van der Waals surface area contributed by atoms with E-state index in [0.717, 1.165) is 38.3 Å². The zero-order valence-corrected chi connectivity index (χ0v) is 17.7. The van der Waals surface area contributed by atoms with Gasteiger partial charge in [0.15, 0.2) is 0 Å². The van der Waals surface area contributed by atoms with Gasteiger partial charge in [0.2, 0.25) is 5.91 Å². The Hall–Kier alpha value is -2.91. The molecule has 2 amide bonds. The number of nitrogens with one attached hydrogen (secondary N) is 1. The van der Waals surface area contributed by atoms with Gasteiger partial charge < -0.3 is 15.3 Å². The maximum Gasteiger partial charge on any atom is 0.270 e. The molecule has 2 aromatic heterocycles. The van der Waals surface area contributed by atoms with Crippen molar-refractivity contribution in [3.63, 3.8) is 0 Å². The molecule has 0 spiro atoms. The van der Waals surface area contributed by atoms with Gasteiger partial charge in [0.05, 0.1) is 6.10 Å². The van der Waals surface area contributed by atoms with Crippen LogP contribution in [0.2, 0.25) is 0 Å². The summed E-state index contributed by atoms with van der Waals surface area (Å²) in [5.74, 6) is 0.124. The number of hydrogen-bond donors (Lipinski definition) is 2. The second-order valence-electron chi connectivity index (χ2n) is 8.38. The van der Waals surface area contributed by atoms with Crippen LogP contribution in [0.5, 0.6) is 0 Å². The van der Waals surface area contributed by atoms with E-state index >= 15 is 0 Å². The number of likely N-dealkylation sites (tertiary alicyclic amines) is 1. The first-order valence-electron chi connectivity index (χ1n) is 10.6. The molecule has 31 heavy (non-hydrogen) atoms. The van der Waals surface area contributed by atoms with Crippen LogP contribution in [0.3, 0.4) is 0 Å². The fourth-order valence-electron chi connectivity index (χ4n) is 4.15. The fourth-order valence-corrected chi connectivity index (χ4v) is 4.15. The smallest absolute Gasteiger partial charge is 0.270 e. The summed E-state index contributed by atoms with van der Waals surface area (Å²) in [4.78, 5) is 40.2. The second-order valence-corrected chi connectivity index (χ2v) is 8.38. The quantitative estimate of drug-likeness (QED) is 0.646. The summed E-state index contributed by atoms with van der Waals surface area (Å²) in [6, 6.07) is 3.73. The first-order valence-corrected chi connectivity index (χ1v) is 10.6. The molecule has 9 nitrogen and oxygen atoms in total. The van der Waals surface area contributed by atoms with Crippen LogP contribution in [-0.2, 0) is 24.2 Å². The van der Waals surface area contributed by atoms with Crippen molar-refractivity contribution in [1.29, 1.82) is 0 Å². The Balaban J connectivity index is 1.23. The molecule has 1 saturated heterocycles. The van der Waals surface area contributed by atoms with Gasteiger partial charge in [0.1, 0.15) is 12.0 Å². The van der Waals surface area contributed by atoms with Gasteiger partial charge in [0.25, 0.3) is 5.91 Å². The molecule has 4 rings (SSSR count). The van der Waals surface area contributed by atoms with Gasteiger partial charge in [-0.15, -0.1) is 0 Å². The number of aliphatic hydroxyl groups excluding tert-OH is 1. The zero-order chi connectivity index (χ0) is 21.8. The average Bonchev–Trinajstić information content (AvgIpc) is 2.74.